The first kappa shape index (κ1) is 36.9. The Morgan fingerprint density at radius 2 is 1.15 bits per heavy atom. The van der Waals surface area contributed by atoms with Crippen molar-refractivity contribution in [3.05, 3.63) is 199 Å². The molecule has 7 aromatic carbocycles. The number of benzene rings is 7. The molecule has 4 aliphatic carbocycles. The summed E-state index contributed by atoms with van der Waals surface area (Å²) >= 11 is 0. The van der Waals surface area contributed by atoms with Crippen molar-refractivity contribution in [3.63, 3.8) is 0 Å². The zero-order chi connectivity index (χ0) is 40.3. The van der Waals surface area contributed by atoms with Gasteiger partial charge in [-0.15, -0.1) is 0 Å². The van der Waals surface area contributed by atoms with E-state index in [0.29, 0.717) is 0 Å². The van der Waals surface area contributed by atoms with Crippen molar-refractivity contribution in [3.8, 4) is 16.8 Å². The van der Waals surface area contributed by atoms with Crippen molar-refractivity contribution >= 4 is 44.9 Å². The molecule has 4 saturated carbocycles. The molecule has 4 aliphatic rings. The van der Waals surface area contributed by atoms with Gasteiger partial charge >= 0.3 is 0 Å². The highest BCUT2D eigenvalue weighted by Crippen LogP contribution is 2.66. The number of unbranched alkanes of at least 4 members (excludes halogenated alkanes) is 1. The summed E-state index contributed by atoms with van der Waals surface area (Å²) < 4.78 is 2.43. The largest absolute Gasteiger partial charge is 0.310 e. The summed E-state index contributed by atoms with van der Waals surface area (Å²) in [7, 11) is 0. The molecule has 4 fully saturated rings. The Kier molecular flexibility index (Phi) is 9.14. The van der Waals surface area contributed by atoms with Crippen LogP contribution in [-0.4, -0.2) is 4.57 Å². The van der Waals surface area contributed by atoms with Crippen LogP contribution in [0.2, 0.25) is 0 Å². The van der Waals surface area contributed by atoms with Gasteiger partial charge in [-0.05, 0) is 168 Å². The van der Waals surface area contributed by atoms with Crippen molar-refractivity contribution in [1.29, 1.82) is 0 Å². The van der Waals surface area contributed by atoms with Crippen LogP contribution in [0.15, 0.2) is 176 Å². The maximum atomic E-state index is 4.02. The van der Waals surface area contributed by atoms with Crippen molar-refractivity contribution in [2.24, 2.45) is 11.8 Å². The number of fused-ring (bicyclic) bond motifs is 3. The number of hydrogen-bond donors (Lipinski definition) is 0. The molecule has 4 bridgehead atoms. The molecule has 2 nitrogen and oxygen atoms in total. The van der Waals surface area contributed by atoms with Gasteiger partial charge in [0.05, 0.1) is 11.0 Å². The normalized spacial score (nSPS) is 21.8. The van der Waals surface area contributed by atoms with Crippen LogP contribution < -0.4 is 4.90 Å². The highest BCUT2D eigenvalue weighted by atomic mass is 15.1. The molecule has 8 aromatic rings. The average Bonchev–Trinajstić information content (AvgIpc) is 3.63. The lowest BCUT2D eigenvalue weighted by Gasteiger charge is -2.63. The molecule has 2 heteroatoms. The summed E-state index contributed by atoms with van der Waals surface area (Å²) in [6.07, 6.45) is 13.5. The summed E-state index contributed by atoms with van der Waals surface area (Å²) in [4.78, 5) is 2.48. The summed E-state index contributed by atoms with van der Waals surface area (Å²) in [5.74, 6) is 1.62. The number of para-hydroxylation sites is 1. The number of aryl methyl sites for hydroxylation is 1. The third-order valence-electron chi connectivity index (χ3n) is 14.7. The maximum Gasteiger partial charge on any atom is 0.0542 e. The van der Waals surface area contributed by atoms with Crippen molar-refractivity contribution in [2.45, 2.75) is 75.5 Å². The third kappa shape index (κ3) is 6.31. The molecule has 0 saturated heterocycles. The highest BCUT2D eigenvalue weighted by Gasteiger charge is 2.58. The third-order valence-corrected chi connectivity index (χ3v) is 14.7. The molecule has 1 heterocycles. The lowest BCUT2D eigenvalue weighted by Crippen LogP contribution is -2.55. The second-order valence-electron chi connectivity index (χ2n) is 18.5. The molecule has 0 amide bonds. The second-order valence-corrected chi connectivity index (χ2v) is 18.5. The Bertz CT molecular complexity index is 2790. The molecule has 0 spiro atoms. The molecule has 60 heavy (non-hydrogen) atoms. The molecule has 0 radical (unpaired) electrons. The zero-order valence-corrected chi connectivity index (χ0v) is 34.9. The lowest BCUT2D eigenvalue weighted by atomic mass is 9.42. The lowest BCUT2D eigenvalue weighted by molar-refractivity contribution is -0.0281. The van der Waals surface area contributed by atoms with E-state index in [9.17, 15) is 0 Å². The predicted molar refractivity (Wildman–Crippen MR) is 254 cm³/mol. The van der Waals surface area contributed by atoms with Crippen LogP contribution in [0.5, 0.6) is 0 Å². The smallest absolute Gasteiger partial charge is 0.0542 e. The Morgan fingerprint density at radius 3 is 1.80 bits per heavy atom. The predicted octanol–water partition coefficient (Wildman–Crippen LogP) is 15.7. The van der Waals surface area contributed by atoms with Gasteiger partial charge in [-0.1, -0.05) is 135 Å². The first-order valence-corrected chi connectivity index (χ1v) is 22.4. The van der Waals surface area contributed by atoms with E-state index in [4.69, 9.17) is 0 Å². The molecule has 0 N–H and O–H groups in total. The zero-order valence-electron chi connectivity index (χ0n) is 34.9. The monoisotopic (exact) mass is 778 g/mol. The fourth-order valence-corrected chi connectivity index (χ4v) is 12.3. The first-order chi connectivity index (χ1) is 29.5. The van der Waals surface area contributed by atoms with E-state index in [0.717, 1.165) is 18.3 Å². The van der Waals surface area contributed by atoms with Gasteiger partial charge in [-0.2, -0.15) is 0 Å². The van der Waals surface area contributed by atoms with Crippen molar-refractivity contribution in [1.82, 2.24) is 4.57 Å². The Labute approximate surface area is 355 Å². The van der Waals surface area contributed by atoms with Gasteiger partial charge in [-0.3, -0.25) is 0 Å². The van der Waals surface area contributed by atoms with Crippen LogP contribution in [0.25, 0.3) is 44.7 Å². The van der Waals surface area contributed by atoms with Crippen LogP contribution in [0.4, 0.5) is 17.1 Å². The van der Waals surface area contributed by atoms with Gasteiger partial charge in [0.25, 0.3) is 0 Å². The maximum absolute atomic E-state index is 4.02. The summed E-state index contributed by atoms with van der Waals surface area (Å²) in [6, 6.07) is 64.2. The van der Waals surface area contributed by atoms with Crippen LogP contribution in [0, 0.1) is 11.8 Å². The SMILES string of the molecule is C=Cc1ccc(C23CC4CC(C2)CC(c2ccc(N(c5ccc(CCCC)cc5)c5ccc6c(c5)c5ccccc5n6-c5ccc(-c6ccccc6)cc5)cc2)(C4)C3)cc1. The minimum Gasteiger partial charge on any atom is -0.310 e. The van der Waals surface area contributed by atoms with Crippen LogP contribution in [-0.2, 0) is 17.3 Å². The first-order valence-electron chi connectivity index (χ1n) is 22.4. The number of hydrogen-bond acceptors (Lipinski definition) is 1. The van der Waals surface area contributed by atoms with Gasteiger partial charge in [0.15, 0.2) is 0 Å². The average molecular weight is 779 g/mol. The van der Waals surface area contributed by atoms with E-state index in [1.54, 1.807) is 11.1 Å². The minimum absolute atomic E-state index is 0.242. The number of aromatic nitrogens is 1. The van der Waals surface area contributed by atoms with E-state index < -0.39 is 0 Å². The molecular weight excluding hydrogens is 725 g/mol. The molecule has 0 aliphatic heterocycles. The van der Waals surface area contributed by atoms with Gasteiger partial charge < -0.3 is 9.47 Å². The highest BCUT2D eigenvalue weighted by molar-refractivity contribution is 6.10. The molecule has 2 unspecified atom stereocenters. The summed E-state index contributed by atoms with van der Waals surface area (Å²) in [5, 5.41) is 2.53. The van der Waals surface area contributed by atoms with Gasteiger partial charge in [0, 0.05) is 33.5 Å². The van der Waals surface area contributed by atoms with Crippen molar-refractivity contribution < 1.29 is 0 Å². The molecule has 2 atom stereocenters. The Balaban J connectivity index is 0.984. The Morgan fingerprint density at radius 1 is 0.583 bits per heavy atom. The number of nitrogens with zero attached hydrogens (tertiary/aromatic N) is 2. The van der Waals surface area contributed by atoms with Gasteiger partial charge in [0.2, 0.25) is 0 Å². The number of rotatable bonds is 11. The molecular formula is C58H54N2. The minimum atomic E-state index is 0.242. The summed E-state index contributed by atoms with van der Waals surface area (Å²) in [6.45, 7) is 6.29. The van der Waals surface area contributed by atoms with E-state index in [2.05, 4.69) is 193 Å². The van der Waals surface area contributed by atoms with Crippen LogP contribution in [0.1, 0.15) is 80.5 Å². The Hall–Kier alpha value is -6.12. The topological polar surface area (TPSA) is 8.17 Å². The van der Waals surface area contributed by atoms with Crippen LogP contribution >= 0.6 is 0 Å². The quantitative estimate of drug-likeness (QED) is 0.127. The van der Waals surface area contributed by atoms with E-state index in [-0.39, 0.29) is 10.8 Å². The second kappa shape index (κ2) is 14.9. The molecule has 12 rings (SSSR count). The van der Waals surface area contributed by atoms with Crippen LogP contribution in [0.3, 0.4) is 0 Å². The molecule has 296 valence electrons. The van der Waals surface area contributed by atoms with Gasteiger partial charge in [-0.25, -0.2) is 0 Å². The standard InChI is InChI=1S/C58H54N2/c1-3-5-11-42-18-26-49(27-19-42)59(50-30-24-48(25-31-50)58-38-43-34-44(39-58)37-57(36-43,40-58)47-22-16-41(4-2)17-23-47)52-32-33-56-54(35-52)53-14-9-10-15-55(53)60(56)51-28-20-46(21-29-51)45-12-7-6-8-13-45/h4,6-10,12-33,35,43-44H,2-3,5,11,34,36-40H2,1H3. The fraction of sp³-hybridized carbons (Fsp3) is 0.241. The molecule has 1 aromatic heterocycles. The van der Waals surface area contributed by atoms with E-state index in [1.165, 1.54) is 118 Å². The van der Waals surface area contributed by atoms with E-state index in [1.807, 2.05) is 6.08 Å². The number of anilines is 3. The fourth-order valence-electron chi connectivity index (χ4n) is 12.3. The van der Waals surface area contributed by atoms with Crippen molar-refractivity contribution in [2.75, 3.05) is 4.90 Å². The van der Waals surface area contributed by atoms with Gasteiger partial charge in [0.1, 0.15) is 0 Å². The van der Waals surface area contributed by atoms with E-state index >= 15 is 0 Å². The summed E-state index contributed by atoms with van der Waals surface area (Å²) in [5.41, 5.74) is 15.9.